The summed E-state index contributed by atoms with van der Waals surface area (Å²) in [5, 5.41) is 6.21. The highest BCUT2D eigenvalue weighted by molar-refractivity contribution is 9.10. The Morgan fingerprint density at radius 3 is 2.53 bits per heavy atom. The molecule has 160 valence electrons. The van der Waals surface area contributed by atoms with Gasteiger partial charge in [0.25, 0.3) is 0 Å². The van der Waals surface area contributed by atoms with Gasteiger partial charge in [0.15, 0.2) is 11.5 Å². The molecule has 2 amide bonds. The van der Waals surface area contributed by atoms with E-state index in [1.165, 1.54) is 13.3 Å². The van der Waals surface area contributed by atoms with E-state index in [-0.39, 0.29) is 6.54 Å². The predicted molar refractivity (Wildman–Crippen MR) is 117 cm³/mol. The lowest BCUT2D eigenvalue weighted by molar-refractivity contribution is -0.139. The summed E-state index contributed by atoms with van der Waals surface area (Å²) >= 11 is 3.41. The van der Waals surface area contributed by atoms with Gasteiger partial charge in [-0.05, 0) is 48.4 Å². The van der Waals surface area contributed by atoms with Crippen LogP contribution in [0.3, 0.4) is 0 Å². The largest absolute Gasteiger partial charge is 0.490 e. The number of nitrogens with zero attached hydrogens (tertiary/aromatic N) is 1. The van der Waals surface area contributed by atoms with Gasteiger partial charge in [0.1, 0.15) is 6.61 Å². The maximum Gasteiger partial charge on any atom is 0.329 e. The number of hydrazone groups is 1. The van der Waals surface area contributed by atoms with Crippen molar-refractivity contribution in [1.29, 1.82) is 0 Å². The van der Waals surface area contributed by atoms with Crippen LogP contribution < -0.4 is 20.2 Å². The first-order valence-electron chi connectivity index (χ1n) is 9.27. The molecule has 0 aliphatic heterocycles. The van der Waals surface area contributed by atoms with Crippen molar-refractivity contribution in [3.05, 3.63) is 58.1 Å². The van der Waals surface area contributed by atoms with Crippen LogP contribution in [-0.2, 0) is 20.9 Å². The molecular weight excluding hydrogens is 454 g/mol. The van der Waals surface area contributed by atoms with Crippen LogP contribution in [-0.4, -0.2) is 44.9 Å². The van der Waals surface area contributed by atoms with Crippen molar-refractivity contribution in [2.75, 3.05) is 26.9 Å². The van der Waals surface area contributed by atoms with E-state index in [4.69, 9.17) is 14.2 Å². The molecule has 9 heteroatoms. The summed E-state index contributed by atoms with van der Waals surface area (Å²) < 4.78 is 17.3. The minimum absolute atomic E-state index is 0.242. The van der Waals surface area contributed by atoms with Crippen molar-refractivity contribution in [2.45, 2.75) is 13.5 Å². The van der Waals surface area contributed by atoms with Crippen LogP contribution in [0.1, 0.15) is 18.1 Å². The number of nitrogens with one attached hydrogen (secondary N) is 2. The van der Waals surface area contributed by atoms with Crippen LogP contribution in [0.25, 0.3) is 0 Å². The topological polar surface area (TPSA) is 98.2 Å². The second kappa shape index (κ2) is 12.6. The smallest absolute Gasteiger partial charge is 0.329 e. The van der Waals surface area contributed by atoms with E-state index < -0.39 is 11.8 Å². The van der Waals surface area contributed by atoms with Crippen molar-refractivity contribution >= 4 is 34.0 Å². The molecule has 0 atom stereocenters. The molecule has 0 saturated carbocycles. The number of rotatable bonds is 10. The fourth-order valence-corrected chi connectivity index (χ4v) is 2.56. The summed E-state index contributed by atoms with van der Waals surface area (Å²) in [6.45, 7) is 3.30. The monoisotopic (exact) mass is 477 g/mol. The maximum absolute atomic E-state index is 11.7. The van der Waals surface area contributed by atoms with Crippen LogP contribution in [0.2, 0.25) is 0 Å². The van der Waals surface area contributed by atoms with Gasteiger partial charge in [-0.15, -0.1) is 0 Å². The average Bonchev–Trinajstić information content (AvgIpc) is 2.74. The minimum atomic E-state index is -0.859. The molecule has 8 nitrogen and oxygen atoms in total. The number of carbonyl (C=O) groups is 2. The normalized spacial score (nSPS) is 10.6. The van der Waals surface area contributed by atoms with Crippen molar-refractivity contribution in [1.82, 2.24) is 10.7 Å². The Hall–Kier alpha value is -2.91. The van der Waals surface area contributed by atoms with E-state index in [0.717, 1.165) is 10.0 Å². The van der Waals surface area contributed by atoms with E-state index >= 15 is 0 Å². The van der Waals surface area contributed by atoms with E-state index in [1.807, 2.05) is 31.2 Å². The van der Waals surface area contributed by atoms with Gasteiger partial charge in [-0.25, -0.2) is 5.43 Å². The molecule has 0 aliphatic carbocycles. The predicted octanol–water partition coefficient (Wildman–Crippen LogP) is 2.64. The zero-order valence-electron chi connectivity index (χ0n) is 16.8. The molecule has 0 fully saturated rings. The minimum Gasteiger partial charge on any atom is -0.490 e. The van der Waals surface area contributed by atoms with Crippen LogP contribution in [0.15, 0.2) is 52.0 Å². The summed E-state index contributed by atoms with van der Waals surface area (Å²) in [6, 6.07) is 13.1. The van der Waals surface area contributed by atoms with Gasteiger partial charge in [0, 0.05) is 18.1 Å². The molecule has 0 spiro atoms. The second-order valence-electron chi connectivity index (χ2n) is 6.00. The number of ether oxygens (including phenoxy) is 3. The molecule has 0 unspecified atom stereocenters. The Bertz CT molecular complexity index is 871. The zero-order chi connectivity index (χ0) is 21.8. The lowest BCUT2D eigenvalue weighted by Gasteiger charge is -2.12. The van der Waals surface area contributed by atoms with Crippen molar-refractivity contribution in [3.63, 3.8) is 0 Å². The molecule has 0 heterocycles. The van der Waals surface area contributed by atoms with Gasteiger partial charge < -0.3 is 19.5 Å². The molecule has 30 heavy (non-hydrogen) atoms. The van der Waals surface area contributed by atoms with Crippen LogP contribution >= 0.6 is 15.9 Å². The molecule has 2 N–H and O–H groups in total. The van der Waals surface area contributed by atoms with Crippen molar-refractivity contribution < 1.29 is 23.8 Å². The second-order valence-corrected chi connectivity index (χ2v) is 6.92. The SMILES string of the molecule is CCOc1cc(/C=N\NC(=O)C(=O)NCCOC)ccc1OCc1ccc(Br)cc1. The van der Waals surface area contributed by atoms with E-state index in [0.29, 0.717) is 36.9 Å². The average molecular weight is 478 g/mol. The molecule has 2 aromatic carbocycles. The number of carbonyl (C=O) groups excluding carboxylic acids is 2. The Morgan fingerprint density at radius 1 is 1.07 bits per heavy atom. The number of methoxy groups -OCH3 is 1. The first kappa shape index (κ1) is 23.4. The molecular formula is C21H24BrN3O5. The maximum atomic E-state index is 11.7. The van der Waals surface area contributed by atoms with Gasteiger partial charge in [0.05, 0.1) is 19.4 Å². The number of halogens is 1. The van der Waals surface area contributed by atoms with Crippen LogP contribution in [0, 0.1) is 0 Å². The highest BCUT2D eigenvalue weighted by Crippen LogP contribution is 2.29. The first-order valence-corrected chi connectivity index (χ1v) is 10.1. The summed E-state index contributed by atoms with van der Waals surface area (Å²) in [4.78, 5) is 23.2. The molecule has 0 saturated heterocycles. The summed E-state index contributed by atoms with van der Waals surface area (Å²) in [5.41, 5.74) is 3.88. The highest BCUT2D eigenvalue weighted by Gasteiger charge is 2.11. The molecule has 0 aromatic heterocycles. The Morgan fingerprint density at radius 2 is 1.83 bits per heavy atom. The molecule has 0 radical (unpaired) electrons. The molecule has 2 rings (SSSR count). The Balaban J connectivity index is 1.96. The summed E-state index contributed by atoms with van der Waals surface area (Å²) in [6.07, 6.45) is 1.42. The highest BCUT2D eigenvalue weighted by atomic mass is 79.9. The van der Waals surface area contributed by atoms with Crippen molar-refractivity contribution in [3.8, 4) is 11.5 Å². The van der Waals surface area contributed by atoms with Gasteiger partial charge >= 0.3 is 11.8 Å². The fraction of sp³-hybridized carbons (Fsp3) is 0.286. The third-order valence-electron chi connectivity index (χ3n) is 3.75. The van der Waals surface area contributed by atoms with Gasteiger partial charge in [-0.3, -0.25) is 9.59 Å². The number of hydrogen-bond donors (Lipinski definition) is 2. The fourth-order valence-electron chi connectivity index (χ4n) is 2.30. The van der Waals surface area contributed by atoms with Crippen LogP contribution in [0.4, 0.5) is 0 Å². The summed E-state index contributed by atoms with van der Waals surface area (Å²) in [5.74, 6) is -0.488. The summed E-state index contributed by atoms with van der Waals surface area (Å²) in [7, 11) is 1.50. The quantitative estimate of drug-likeness (QED) is 0.237. The Kier molecular flexibility index (Phi) is 9.82. The zero-order valence-corrected chi connectivity index (χ0v) is 18.4. The number of benzene rings is 2. The van der Waals surface area contributed by atoms with E-state index in [1.54, 1.807) is 18.2 Å². The lowest BCUT2D eigenvalue weighted by Crippen LogP contribution is -2.39. The van der Waals surface area contributed by atoms with E-state index in [9.17, 15) is 9.59 Å². The van der Waals surface area contributed by atoms with Crippen LogP contribution in [0.5, 0.6) is 11.5 Å². The number of amides is 2. The first-order chi connectivity index (χ1) is 14.5. The molecule has 0 aliphatic rings. The van der Waals surface area contributed by atoms with E-state index in [2.05, 4.69) is 31.8 Å². The van der Waals surface area contributed by atoms with Crippen molar-refractivity contribution in [2.24, 2.45) is 5.10 Å². The Labute approximate surface area is 183 Å². The molecule has 0 bridgehead atoms. The molecule has 2 aromatic rings. The third kappa shape index (κ3) is 7.84. The van der Waals surface area contributed by atoms with Gasteiger partial charge in [0.2, 0.25) is 0 Å². The standard InChI is InChI=1S/C21H24BrN3O5/c1-3-29-19-12-16(13-24-25-21(27)20(26)23-10-11-28-2)6-9-18(19)30-14-15-4-7-17(22)8-5-15/h4-9,12-13H,3,10-11,14H2,1-2H3,(H,23,26)(H,25,27)/b24-13-. The van der Waals surface area contributed by atoms with Gasteiger partial charge in [-0.2, -0.15) is 5.10 Å². The lowest BCUT2D eigenvalue weighted by atomic mass is 10.2. The number of hydrogen-bond acceptors (Lipinski definition) is 6. The third-order valence-corrected chi connectivity index (χ3v) is 4.28. The van der Waals surface area contributed by atoms with Gasteiger partial charge in [-0.1, -0.05) is 28.1 Å².